The lowest BCUT2D eigenvalue weighted by Gasteiger charge is -2.10. The Morgan fingerprint density at radius 2 is 2.19 bits per heavy atom. The molecule has 0 bridgehead atoms. The summed E-state index contributed by atoms with van der Waals surface area (Å²) in [4.78, 5) is 28.6. The van der Waals surface area contributed by atoms with Gasteiger partial charge in [-0.05, 0) is 5.92 Å². The van der Waals surface area contributed by atoms with E-state index in [1.807, 2.05) is 13.8 Å². The van der Waals surface area contributed by atoms with Crippen molar-refractivity contribution in [3.05, 3.63) is 15.9 Å². The molecule has 1 amide bonds. The molecule has 16 heavy (non-hydrogen) atoms. The molecule has 1 aromatic rings. The molecule has 0 saturated carbocycles. The van der Waals surface area contributed by atoms with Crippen LogP contribution in [0.3, 0.4) is 0 Å². The first kappa shape index (κ1) is 12.0. The molecule has 0 aliphatic carbocycles. The van der Waals surface area contributed by atoms with Crippen LogP contribution >= 0.6 is 0 Å². The minimum atomic E-state index is -0.833. The van der Waals surface area contributed by atoms with Crippen LogP contribution in [0, 0.1) is 5.92 Å². The van der Waals surface area contributed by atoms with Crippen LogP contribution in [0.25, 0.3) is 0 Å². The second-order valence-electron chi connectivity index (χ2n) is 3.81. The van der Waals surface area contributed by atoms with E-state index >= 15 is 0 Å². The van der Waals surface area contributed by atoms with E-state index in [2.05, 4.69) is 15.3 Å². The zero-order valence-electron chi connectivity index (χ0n) is 9.20. The van der Waals surface area contributed by atoms with Gasteiger partial charge in [-0.3, -0.25) is 14.6 Å². The maximum atomic E-state index is 11.4. The summed E-state index contributed by atoms with van der Waals surface area (Å²) < 4.78 is 0. The molecule has 0 aliphatic heterocycles. The van der Waals surface area contributed by atoms with Crippen molar-refractivity contribution in [2.75, 3.05) is 17.6 Å². The van der Waals surface area contributed by atoms with Crippen molar-refractivity contribution in [3.8, 4) is 0 Å². The van der Waals surface area contributed by atoms with E-state index < -0.39 is 11.5 Å². The van der Waals surface area contributed by atoms with E-state index in [9.17, 15) is 9.59 Å². The van der Waals surface area contributed by atoms with Crippen LogP contribution in [0.15, 0.2) is 4.79 Å². The smallest absolute Gasteiger partial charge is 0.267 e. The highest BCUT2D eigenvalue weighted by Crippen LogP contribution is 2.08. The molecule has 0 aromatic carbocycles. The average molecular weight is 225 g/mol. The molecule has 88 valence electrons. The number of hydrogen-bond acceptors (Lipinski definition) is 5. The number of nitrogens with two attached hydrogens (primary N) is 2. The van der Waals surface area contributed by atoms with Crippen molar-refractivity contribution in [3.63, 3.8) is 0 Å². The highest BCUT2D eigenvalue weighted by molar-refractivity contribution is 5.97. The largest absolute Gasteiger partial charge is 0.369 e. The van der Waals surface area contributed by atoms with E-state index in [1.54, 1.807) is 0 Å². The number of nitrogen functional groups attached to an aromatic ring is 1. The van der Waals surface area contributed by atoms with Crippen LogP contribution in [0.5, 0.6) is 0 Å². The number of aromatic amines is 1. The van der Waals surface area contributed by atoms with E-state index in [1.165, 1.54) is 0 Å². The minimum Gasteiger partial charge on any atom is -0.369 e. The Labute approximate surface area is 92.2 Å². The minimum absolute atomic E-state index is 0.0544. The van der Waals surface area contributed by atoms with Gasteiger partial charge < -0.3 is 16.8 Å². The first-order valence-corrected chi connectivity index (χ1v) is 4.85. The van der Waals surface area contributed by atoms with Crippen molar-refractivity contribution < 1.29 is 4.79 Å². The lowest BCUT2D eigenvalue weighted by Crippen LogP contribution is -2.28. The molecule has 0 spiro atoms. The lowest BCUT2D eigenvalue weighted by molar-refractivity contribution is 0.0999. The van der Waals surface area contributed by atoms with Crippen LogP contribution in [-0.4, -0.2) is 22.4 Å². The molecule has 1 aromatic heterocycles. The summed E-state index contributed by atoms with van der Waals surface area (Å²) in [6.07, 6.45) is 0. The van der Waals surface area contributed by atoms with Crippen molar-refractivity contribution in [1.82, 2.24) is 9.97 Å². The topological polar surface area (TPSA) is 127 Å². The average Bonchev–Trinajstić information content (AvgIpc) is 2.12. The van der Waals surface area contributed by atoms with Gasteiger partial charge in [0.2, 0.25) is 5.95 Å². The molecule has 1 rings (SSSR count). The molecule has 0 saturated heterocycles. The van der Waals surface area contributed by atoms with E-state index in [4.69, 9.17) is 11.5 Å². The number of anilines is 2. The first-order chi connectivity index (χ1) is 7.41. The molecule has 7 heteroatoms. The Balaban J connectivity index is 3.14. The molecule has 0 aliphatic rings. The third kappa shape index (κ3) is 2.72. The second-order valence-corrected chi connectivity index (χ2v) is 3.81. The third-order valence-corrected chi connectivity index (χ3v) is 1.86. The summed E-state index contributed by atoms with van der Waals surface area (Å²) in [6, 6.07) is 0. The zero-order valence-corrected chi connectivity index (χ0v) is 9.20. The van der Waals surface area contributed by atoms with Crippen molar-refractivity contribution in [2.45, 2.75) is 13.8 Å². The number of aromatic nitrogens is 2. The Morgan fingerprint density at radius 3 is 2.69 bits per heavy atom. The maximum absolute atomic E-state index is 11.4. The molecule has 0 radical (unpaired) electrons. The second kappa shape index (κ2) is 4.65. The van der Waals surface area contributed by atoms with Gasteiger partial charge in [-0.15, -0.1) is 0 Å². The van der Waals surface area contributed by atoms with Gasteiger partial charge in [-0.25, -0.2) is 0 Å². The van der Waals surface area contributed by atoms with E-state index in [0.29, 0.717) is 12.5 Å². The van der Waals surface area contributed by atoms with E-state index in [0.717, 1.165) is 0 Å². The number of carbonyl (C=O) groups is 1. The van der Waals surface area contributed by atoms with Gasteiger partial charge in [-0.2, -0.15) is 4.98 Å². The number of primary amides is 1. The fraction of sp³-hybridized carbons (Fsp3) is 0.444. The molecule has 7 nitrogen and oxygen atoms in total. The Bertz CT molecular complexity index is 452. The third-order valence-electron chi connectivity index (χ3n) is 1.86. The number of H-pyrrole nitrogens is 1. The van der Waals surface area contributed by atoms with Crippen molar-refractivity contribution in [1.29, 1.82) is 0 Å². The zero-order chi connectivity index (χ0) is 12.3. The summed E-state index contributed by atoms with van der Waals surface area (Å²) in [5.41, 5.74) is 9.64. The summed E-state index contributed by atoms with van der Waals surface area (Å²) in [5, 5.41) is 2.86. The van der Waals surface area contributed by atoms with Crippen molar-refractivity contribution >= 4 is 17.7 Å². The molecular weight excluding hydrogens is 210 g/mol. The van der Waals surface area contributed by atoms with Gasteiger partial charge in [-0.1, -0.05) is 13.8 Å². The number of hydrogen-bond donors (Lipinski definition) is 4. The normalized spacial score (nSPS) is 10.4. The fourth-order valence-electron chi connectivity index (χ4n) is 1.15. The molecule has 6 N–H and O–H groups in total. The summed E-state index contributed by atoms with van der Waals surface area (Å²) >= 11 is 0. The molecule has 1 heterocycles. The van der Waals surface area contributed by atoms with Gasteiger partial charge in [0.25, 0.3) is 11.5 Å². The van der Waals surface area contributed by atoms with Crippen LogP contribution in [0.1, 0.15) is 24.2 Å². The summed E-state index contributed by atoms with van der Waals surface area (Å²) in [5.74, 6) is -0.424. The van der Waals surface area contributed by atoms with Gasteiger partial charge in [0.15, 0.2) is 0 Å². The lowest BCUT2D eigenvalue weighted by atomic mass is 10.2. The van der Waals surface area contributed by atoms with Gasteiger partial charge in [0, 0.05) is 6.54 Å². The quantitative estimate of drug-likeness (QED) is 0.550. The number of nitrogens with zero attached hydrogens (tertiary/aromatic N) is 1. The van der Waals surface area contributed by atoms with Crippen LogP contribution in [-0.2, 0) is 0 Å². The summed E-state index contributed by atoms with van der Waals surface area (Å²) in [6.45, 7) is 4.52. The monoisotopic (exact) mass is 225 g/mol. The predicted molar refractivity (Wildman–Crippen MR) is 61.1 cm³/mol. The SMILES string of the molecule is CC(C)CNc1nc(N)[nH]c(=O)c1C(N)=O. The predicted octanol–water partition coefficient (Wildman–Crippen LogP) is -0.481. The standard InChI is InChI=1S/C9H15N5O2/c1-4(2)3-12-7-5(6(10)15)8(16)14-9(11)13-7/h4H,3H2,1-2H3,(H2,10,15)(H4,11,12,13,14,16). The van der Waals surface area contributed by atoms with Crippen molar-refractivity contribution in [2.24, 2.45) is 11.7 Å². The van der Waals surface area contributed by atoms with Crippen LogP contribution < -0.4 is 22.3 Å². The maximum Gasteiger partial charge on any atom is 0.267 e. The molecule has 0 unspecified atom stereocenters. The van der Waals surface area contributed by atoms with E-state index in [-0.39, 0.29) is 17.3 Å². The Kier molecular flexibility index (Phi) is 3.49. The number of rotatable bonds is 4. The summed E-state index contributed by atoms with van der Waals surface area (Å²) in [7, 11) is 0. The number of carbonyl (C=O) groups excluding carboxylic acids is 1. The number of amides is 1. The van der Waals surface area contributed by atoms with Gasteiger partial charge in [0.05, 0.1) is 0 Å². The highest BCUT2D eigenvalue weighted by Gasteiger charge is 2.15. The first-order valence-electron chi connectivity index (χ1n) is 4.85. The highest BCUT2D eigenvalue weighted by atomic mass is 16.2. The Hall–Kier alpha value is -2.05. The fourth-order valence-corrected chi connectivity index (χ4v) is 1.15. The molecular formula is C9H15N5O2. The molecule has 0 fully saturated rings. The van der Waals surface area contributed by atoms with Crippen LogP contribution in [0.4, 0.5) is 11.8 Å². The van der Waals surface area contributed by atoms with Gasteiger partial charge >= 0.3 is 0 Å². The Morgan fingerprint density at radius 1 is 1.56 bits per heavy atom. The van der Waals surface area contributed by atoms with Gasteiger partial charge in [0.1, 0.15) is 11.4 Å². The number of nitrogens with one attached hydrogen (secondary N) is 2. The molecule has 0 atom stereocenters. The van der Waals surface area contributed by atoms with Crippen LogP contribution in [0.2, 0.25) is 0 Å².